The van der Waals surface area contributed by atoms with Crippen molar-refractivity contribution in [3.63, 3.8) is 0 Å². The van der Waals surface area contributed by atoms with E-state index in [1.165, 1.54) is 12.8 Å². The van der Waals surface area contributed by atoms with E-state index in [2.05, 4.69) is 44.8 Å². The first-order chi connectivity index (χ1) is 7.76. The topological polar surface area (TPSA) is 24.5 Å². The van der Waals surface area contributed by atoms with Crippen molar-refractivity contribution in [1.29, 1.82) is 0 Å². The first-order valence-electron chi connectivity index (χ1n) is 6.85. The van der Waals surface area contributed by atoms with Crippen LogP contribution in [0, 0.1) is 0 Å². The molecule has 0 saturated carbocycles. The van der Waals surface area contributed by atoms with E-state index < -0.39 is 0 Å². The van der Waals surface area contributed by atoms with Gasteiger partial charge in [-0.3, -0.25) is 4.90 Å². The van der Waals surface area contributed by atoms with Crippen LogP contribution >= 0.6 is 0 Å². The molecule has 0 bridgehead atoms. The highest BCUT2D eigenvalue weighted by Gasteiger charge is 2.39. The number of rotatable bonds is 5. The van der Waals surface area contributed by atoms with E-state index in [4.69, 9.17) is 4.74 Å². The average Bonchev–Trinajstić information content (AvgIpc) is 2.13. The van der Waals surface area contributed by atoms with Crippen molar-refractivity contribution in [3.05, 3.63) is 0 Å². The Kier molecular flexibility index (Phi) is 4.99. The zero-order valence-corrected chi connectivity index (χ0v) is 12.5. The van der Waals surface area contributed by atoms with Gasteiger partial charge in [0, 0.05) is 19.1 Å². The second kappa shape index (κ2) is 5.68. The lowest BCUT2D eigenvalue weighted by atomic mass is 9.96. The van der Waals surface area contributed by atoms with Gasteiger partial charge in [-0.05, 0) is 61.1 Å². The third-order valence-corrected chi connectivity index (χ3v) is 3.39. The van der Waals surface area contributed by atoms with E-state index in [9.17, 15) is 0 Å². The summed E-state index contributed by atoms with van der Waals surface area (Å²) in [6.45, 7) is 14.3. The number of nitrogens with zero attached hydrogens (tertiary/aromatic N) is 1. The third-order valence-electron chi connectivity index (χ3n) is 3.39. The first kappa shape index (κ1) is 14.9. The van der Waals surface area contributed by atoms with Crippen LogP contribution in [0.2, 0.25) is 0 Å². The van der Waals surface area contributed by atoms with E-state index in [0.29, 0.717) is 6.04 Å². The van der Waals surface area contributed by atoms with Gasteiger partial charge in [-0.2, -0.15) is 0 Å². The molecule has 0 spiro atoms. The maximum Gasteiger partial charge on any atom is 0.0760 e. The van der Waals surface area contributed by atoms with Crippen molar-refractivity contribution >= 4 is 0 Å². The summed E-state index contributed by atoms with van der Waals surface area (Å²) in [6, 6.07) is 0.644. The molecule has 0 aromatic carbocycles. The third kappa shape index (κ3) is 4.94. The van der Waals surface area contributed by atoms with Crippen LogP contribution in [0.5, 0.6) is 0 Å². The van der Waals surface area contributed by atoms with Crippen LogP contribution in [0.3, 0.4) is 0 Å². The minimum atomic E-state index is -0.0288. The van der Waals surface area contributed by atoms with E-state index >= 15 is 0 Å². The first-order valence-corrected chi connectivity index (χ1v) is 6.85. The second-order valence-electron chi connectivity index (χ2n) is 6.62. The maximum absolute atomic E-state index is 6.11. The molecular formula is C14H30N2O. The van der Waals surface area contributed by atoms with E-state index in [0.717, 1.165) is 19.6 Å². The molecule has 1 rings (SSSR count). The molecule has 3 heteroatoms. The Hall–Kier alpha value is -0.120. The van der Waals surface area contributed by atoms with E-state index in [1.54, 1.807) is 0 Å². The quantitative estimate of drug-likeness (QED) is 0.749. The highest BCUT2D eigenvalue weighted by atomic mass is 16.5. The molecule has 0 radical (unpaired) electrons. The molecule has 0 aromatic rings. The number of morpholine rings is 1. The van der Waals surface area contributed by atoms with E-state index in [-0.39, 0.29) is 11.2 Å². The van der Waals surface area contributed by atoms with Crippen molar-refractivity contribution in [2.24, 2.45) is 0 Å². The molecule has 0 aromatic heterocycles. The standard InChI is InChI=1S/C14H30N2O/c1-12(8-7-9-15-6)16-10-13(2,3)17-14(4,5)11-16/h12,15H,7-11H2,1-6H3. The number of nitrogens with one attached hydrogen (secondary N) is 1. The average molecular weight is 242 g/mol. The summed E-state index contributed by atoms with van der Waals surface area (Å²) in [5.41, 5.74) is -0.0575. The summed E-state index contributed by atoms with van der Waals surface area (Å²) < 4.78 is 6.11. The van der Waals surface area contributed by atoms with Gasteiger partial charge in [-0.15, -0.1) is 0 Å². The molecule has 1 unspecified atom stereocenters. The van der Waals surface area contributed by atoms with Crippen molar-refractivity contribution < 1.29 is 4.74 Å². The molecule has 1 heterocycles. The number of hydrogen-bond acceptors (Lipinski definition) is 3. The minimum absolute atomic E-state index is 0.0288. The van der Waals surface area contributed by atoms with Gasteiger partial charge in [-0.25, -0.2) is 0 Å². The molecular weight excluding hydrogens is 212 g/mol. The van der Waals surface area contributed by atoms with E-state index in [1.807, 2.05) is 7.05 Å². The Balaban J connectivity index is 2.52. The lowest BCUT2D eigenvalue weighted by molar-refractivity contribution is -0.187. The van der Waals surface area contributed by atoms with Gasteiger partial charge in [-0.1, -0.05) is 0 Å². The van der Waals surface area contributed by atoms with Crippen LogP contribution < -0.4 is 5.32 Å². The predicted octanol–water partition coefficient (Wildman–Crippen LogP) is 2.26. The van der Waals surface area contributed by atoms with Crippen LogP contribution in [0.4, 0.5) is 0 Å². The summed E-state index contributed by atoms with van der Waals surface area (Å²) in [6.07, 6.45) is 2.50. The van der Waals surface area contributed by atoms with Gasteiger partial charge < -0.3 is 10.1 Å². The summed E-state index contributed by atoms with van der Waals surface area (Å²) in [5, 5.41) is 3.22. The molecule has 0 amide bonds. The number of ether oxygens (including phenoxy) is 1. The predicted molar refractivity (Wildman–Crippen MR) is 73.4 cm³/mol. The fraction of sp³-hybridized carbons (Fsp3) is 1.00. The summed E-state index contributed by atoms with van der Waals surface area (Å²) in [5.74, 6) is 0. The van der Waals surface area contributed by atoms with Crippen LogP contribution in [0.25, 0.3) is 0 Å². The SMILES string of the molecule is CNCCCC(C)N1CC(C)(C)OC(C)(C)C1. The largest absolute Gasteiger partial charge is 0.367 e. The highest BCUT2D eigenvalue weighted by Crippen LogP contribution is 2.29. The van der Waals surface area contributed by atoms with Crippen molar-refractivity contribution in [1.82, 2.24) is 10.2 Å². The molecule has 1 N–H and O–H groups in total. The summed E-state index contributed by atoms with van der Waals surface area (Å²) in [7, 11) is 2.02. The molecule has 1 saturated heterocycles. The van der Waals surface area contributed by atoms with Gasteiger partial charge >= 0.3 is 0 Å². The lowest BCUT2D eigenvalue weighted by Crippen LogP contribution is -2.59. The van der Waals surface area contributed by atoms with Gasteiger partial charge in [0.15, 0.2) is 0 Å². The van der Waals surface area contributed by atoms with Crippen LogP contribution in [-0.4, -0.2) is 48.8 Å². The molecule has 0 aliphatic carbocycles. The fourth-order valence-corrected chi connectivity index (χ4v) is 2.92. The van der Waals surface area contributed by atoms with Gasteiger partial charge in [0.1, 0.15) is 0 Å². The maximum atomic E-state index is 6.11. The van der Waals surface area contributed by atoms with Crippen LogP contribution in [0.1, 0.15) is 47.5 Å². The molecule has 1 fully saturated rings. The van der Waals surface area contributed by atoms with Crippen molar-refractivity contribution in [2.45, 2.75) is 64.7 Å². The monoisotopic (exact) mass is 242 g/mol. The Morgan fingerprint density at radius 1 is 1.18 bits per heavy atom. The van der Waals surface area contributed by atoms with Crippen molar-refractivity contribution in [2.75, 3.05) is 26.7 Å². The van der Waals surface area contributed by atoms with Crippen molar-refractivity contribution in [3.8, 4) is 0 Å². The fourth-order valence-electron chi connectivity index (χ4n) is 2.92. The Bertz CT molecular complexity index is 222. The molecule has 1 aliphatic rings. The lowest BCUT2D eigenvalue weighted by Gasteiger charge is -2.49. The Morgan fingerprint density at radius 2 is 1.71 bits per heavy atom. The van der Waals surface area contributed by atoms with Gasteiger partial charge in [0.2, 0.25) is 0 Å². The molecule has 1 aliphatic heterocycles. The van der Waals surface area contributed by atoms with Gasteiger partial charge in [0.25, 0.3) is 0 Å². The van der Waals surface area contributed by atoms with Gasteiger partial charge in [0.05, 0.1) is 11.2 Å². The zero-order valence-electron chi connectivity index (χ0n) is 12.5. The van der Waals surface area contributed by atoms with Crippen LogP contribution in [0.15, 0.2) is 0 Å². The zero-order chi connectivity index (χ0) is 13.1. The highest BCUT2D eigenvalue weighted by molar-refractivity contribution is 4.90. The Labute approximate surface area is 107 Å². The minimum Gasteiger partial charge on any atom is -0.367 e. The molecule has 102 valence electrons. The summed E-state index contributed by atoms with van der Waals surface area (Å²) in [4.78, 5) is 2.58. The molecule has 17 heavy (non-hydrogen) atoms. The molecule has 1 atom stereocenters. The number of hydrogen-bond donors (Lipinski definition) is 1. The molecule has 3 nitrogen and oxygen atoms in total. The van der Waals surface area contributed by atoms with Crippen LogP contribution in [-0.2, 0) is 4.74 Å². The smallest absolute Gasteiger partial charge is 0.0760 e. The Morgan fingerprint density at radius 3 is 2.18 bits per heavy atom. The second-order valence-corrected chi connectivity index (χ2v) is 6.62. The normalized spacial score (nSPS) is 25.8. The summed E-state index contributed by atoms with van der Waals surface area (Å²) >= 11 is 0.